The summed E-state index contributed by atoms with van der Waals surface area (Å²) in [4.78, 5) is 23.1. The molecule has 0 amide bonds. The van der Waals surface area contributed by atoms with E-state index in [1.807, 2.05) is 0 Å². The second kappa shape index (κ2) is 6.03. The molecule has 1 aromatic carbocycles. The maximum Gasteiger partial charge on any atom is 0.339 e. The molecule has 0 saturated carbocycles. The van der Waals surface area contributed by atoms with Gasteiger partial charge in [0.2, 0.25) is 0 Å². The number of halogens is 2. The number of alkyl halides is 1. The molecule has 0 fully saturated rings. The van der Waals surface area contributed by atoms with Gasteiger partial charge in [-0.2, -0.15) is 0 Å². The molecule has 5 heteroatoms. The molecular formula is C12H12Cl2O3. The summed E-state index contributed by atoms with van der Waals surface area (Å²) < 4.78 is 4.82. The van der Waals surface area contributed by atoms with E-state index in [4.69, 9.17) is 27.9 Å². The van der Waals surface area contributed by atoms with Crippen LogP contribution in [-0.4, -0.2) is 23.7 Å². The number of carbonyl (C=O) groups excluding carboxylic acids is 2. The molecule has 0 bridgehead atoms. The lowest BCUT2D eigenvalue weighted by atomic mass is 10.1. The van der Waals surface area contributed by atoms with E-state index in [0.717, 1.165) is 0 Å². The summed E-state index contributed by atoms with van der Waals surface area (Å²) in [6.45, 7) is 3.56. The van der Waals surface area contributed by atoms with E-state index in [-0.39, 0.29) is 23.0 Å². The van der Waals surface area contributed by atoms with Crippen LogP contribution in [0.4, 0.5) is 0 Å². The number of ketones is 1. The van der Waals surface area contributed by atoms with Crippen LogP contribution in [-0.2, 0) is 4.74 Å². The molecule has 0 N–H and O–H groups in total. The van der Waals surface area contributed by atoms with E-state index in [9.17, 15) is 9.59 Å². The molecule has 3 nitrogen and oxygen atoms in total. The number of ether oxygens (including phenoxy) is 1. The minimum atomic E-state index is -0.625. The molecule has 0 aliphatic rings. The molecule has 1 rings (SSSR count). The molecule has 0 aliphatic carbocycles. The van der Waals surface area contributed by atoms with E-state index < -0.39 is 11.3 Å². The monoisotopic (exact) mass is 274 g/mol. The minimum Gasteiger partial charge on any atom is -0.462 e. The Labute approximate surface area is 110 Å². The number of Topliss-reactive ketones (excluding diaryl/α,β-unsaturated/α-hetero) is 1. The van der Waals surface area contributed by atoms with Crippen LogP contribution in [0.5, 0.6) is 0 Å². The van der Waals surface area contributed by atoms with Gasteiger partial charge in [0.05, 0.1) is 22.6 Å². The lowest BCUT2D eigenvalue weighted by Crippen LogP contribution is -2.11. The molecule has 1 unspecified atom stereocenters. The standard InChI is InChI=1S/C12H12Cl2O3/c1-3-17-12(16)9-5-4-8(6-10(9)14)11(15)7(2)13/h4-7H,3H2,1-2H3. The fourth-order valence-corrected chi connectivity index (χ4v) is 1.66. The van der Waals surface area contributed by atoms with Crippen molar-refractivity contribution in [2.75, 3.05) is 6.61 Å². The van der Waals surface area contributed by atoms with E-state index in [1.165, 1.54) is 18.2 Å². The first kappa shape index (κ1) is 14.0. The Hall–Kier alpha value is -1.06. The zero-order chi connectivity index (χ0) is 13.0. The van der Waals surface area contributed by atoms with Crippen LogP contribution in [0.2, 0.25) is 5.02 Å². The summed E-state index contributed by atoms with van der Waals surface area (Å²) in [5.74, 6) is -0.737. The van der Waals surface area contributed by atoms with Gasteiger partial charge in [0.1, 0.15) is 0 Å². The third-order valence-corrected chi connectivity index (χ3v) is 2.62. The van der Waals surface area contributed by atoms with Gasteiger partial charge < -0.3 is 4.74 Å². The van der Waals surface area contributed by atoms with Gasteiger partial charge in [-0.25, -0.2) is 4.79 Å². The van der Waals surface area contributed by atoms with Crippen LogP contribution in [0.3, 0.4) is 0 Å². The molecule has 0 spiro atoms. The van der Waals surface area contributed by atoms with Crippen LogP contribution in [0.15, 0.2) is 18.2 Å². The minimum absolute atomic E-state index is 0.187. The van der Waals surface area contributed by atoms with E-state index in [1.54, 1.807) is 13.8 Å². The maximum atomic E-state index is 11.6. The van der Waals surface area contributed by atoms with Crippen LogP contribution >= 0.6 is 23.2 Å². The summed E-state index contributed by atoms with van der Waals surface area (Å²) in [5.41, 5.74) is 0.623. The van der Waals surface area contributed by atoms with E-state index in [0.29, 0.717) is 5.56 Å². The lowest BCUT2D eigenvalue weighted by Gasteiger charge is -2.07. The Bertz CT molecular complexity index is 441. The third-order valence-electron chi connectivity index (χ3n) is 2.11. The predicted molar refractivity (Wildman–Crippen MR) is 67.1 cm³/mol. The van der Waals surface area contributed by atoms with Crippen molar-refractivity contribution in [1.82, 2.24) is 0 Å². The highest BCUT2D eigenvalue weighted by Gasteiger charge is 2.16. The van der Waals surface area contributed by atoms with Crippen LogP contribution < -0.4 is 0 Å². The van der Waals surface area contributed by atoms with Crippen molar-refractivity contribution < 1.29 is 14.3 Å². The molecular weight excluding hydrogens is 263 g/mol. The van der Waals surface area contributed by atoms with Gasteiger partial charge in [-0.15, -0.1) is 11.6 Å². The quantitative estimate of drug-likeness (QED) is 0.481. The van der Waals surface area contributed by atoms with Crippen molar-refractivity contribution in [2.24, 2.45) is 0 Å². The fourth-order valence-electron chi connectivity index (χ4n) is 1.27. The Kier molecular flexibility index (Phi) is 4.97. The van der Waals surface area contributed by atoms with Crippen molar-refractivity contribution in [1.29, 1.82) is 0 Å². The summed E-state index contributed by atoms with van der Waals surface area (Å²) in [6.07, 6.45) is 0. The van der Waals surface area contributed by atoms with Gasteiger partial charge in [0.15, 0.2) is 5.78 Å². The zero-order valence-electron chi connectivity index (χ0n) is 9.50. The van der Waals surface area contributed by atoms with Crippen molar-refractivity contribution in [3.8, 4) is 0 Å². The average Bonchev–Trinajstić information content (AvgIpc) is 2.27. The maximum absolute atomic E-state index is 11.6. The Balaban J connectivity index is 3.02. The number of hydrogen-bond acceptors (Lipinski definition) is 3. The van der Waals surface area contributed by atoms with Crippen molar-refractivity contribution in [3.63, 3.8) is 0 Å². The van der Waals surface area contributed by atoms with E-state index >= 15 is 0 Å². The number of rotatable bonds is 4. The third kappa shape index (κ3) is 3.45. The molecule has 1 aromatic rings. The Morgan fingerprint density at radius 3 is 2.53 bits per heavy atom. The zero-order valence-corrected chi connectivity index (χ0v) is 11.0. The van der Waals surface area contributed by atoms with Gasteiger partial charge in [-0.3, -0.25) is 4.79 Å². The second-order valence-corrected chi connectivity index (χ2v) is 4.46. The Morgan fingerprint density at radius 1 is 1.41 bits per heavy atom. The Morgan fingerprint density at radius 2 is 2.06 bits per heavy atom. The normalized spacial score (nSPS) is 12.0. The lowest BCUT2D eigenvalue weighted by molar-refractivity contribution is 0.0526. The van der Waals surface area contributed by atoms with Gasteiger partial charge in [0, 0.05) is 5.56 Å². The second-order valence-electron chi connectivity index (χ2n) is 3.40. The van der Waals surface area contributed by atoms with Crippen molar-refractivity contribution in [3.05, 3.63) is 34.3 Å². The first-order valence-corrected chi connectivity index (χ1v) is 5.93. The largest absolute Gasteiger partial charge is 0.462 e. The van der Waals surface area contributed by atoms with Crippen LogP contribution in [0.1, 0.15) is 34.6 Å². The number of carbonyl (C=O) groups is 2. The van der Waals surface area contributed by atoms with Crippen LogP contribution in [0.25, 0.3) is 0 Å². The number of hydrogen-bond donors (Lipinski definition) is 0. The summed E-state index contributed by atoms with van der Waals surface area (Å²) in [5, 5.41) is -0.439. The molecule has 1 atom stereocenters. The number of esters is 1. The first-order chi connectivity index (χ1) is 7.97. The van der Waals surface area contributed by atoms with Gasteiger partial charge >= 0.3 is 5.97 Å². The first-order valence-electron chi connectivity index (χ1n) is 5.12. The van der Waals surface area contributed by atoms with Gasteiger partial charge in [0.25, 0.3) is 0 Å². The molecule has 0 aromatic heterocycles. The summed E-state index contributed by atoms with van der Waals surface area (Å²) >= 11 is 11.6. The topological polar surface area (TPSA) is 43.4 Å². The molecule has 17 heavy (non-hydrogen) atoms. The number of benzene rings is 1. The van der Waals surface area contributed by atoms with Gasteiger partial charge in [-0.05, 0) is 26.0 Å². The fraction of sp³-hybridized carbons (Fsp3) is 0.333. The SMILES string of the molecule is CCOC(=O)c1ccc(C(=O)C(C)Cl)cc1Cl. The van der Waals surface area contributed by atoms with Crippen LogP contribution in [0, 0.1) is 0 Å². The molecule has 0 saturated heterocycles. The van der Waals surface area contributed by atoms with Crippen molar-refractivity contribution >= 4 is 35.0 Å². The highest BCUT2D eigenvalue weighted by Crippen LogP contribution is 2.20. The molecule has 0 radical (unpaired) electrons. The molecule has 0 aliphatic heterocycles. The highest BCUT2D eigenvalue weighted by atomic mass is 35.5. The van der Waals surface area contributed by atoms with Crippen molar-refractivity contribution in [2.45, 2.75) is 19.2 Å². The van der Waals surface area contributed by atoms with E-state index in [2.05, 4.69) is 0 Å². The predicted octanol–water partition coefficient (Wildman–Crippen LogP) is 3.33. The highest BCUT2D eigenvalue weighted by molar-refractivity contribution is 6.36. The summed E-state index contributed by atoms with van der Waals surface area (Å²) in [6, 6.07) is 4.40. The molecule has 92 valence electrons. The smallest absolute Gasteiger partial charge is 0.339 e. The molecule has 0 heterocycles. The van der Waals surface area contributed by atoms with Gasteiger partial charge in [-0.1, -0.05) is 17.7 Å². The average molecular weight is 275 g/mol. The summed E-state index contributed by atoms with van der Waals surface area (Å²) in [7, 11) is 0.